The van der Waals surface area contributed by atoms with E-state index in [9.17, 15) is 9.18 Å². The normalized spacial score (nSPS) is 15.9. The molecular formula is C24H23FN4O2S. The first-order chi connectivity index (χ1) is 15.5. The molecule has 1 aliphatic rings. The SMILES string of the molecule is Cc1onc(-c2ccc(F)cc2)c1C(=O)N1CCN([C@H](C)c2nc3ccccc3s2)CC1. The molecule has 1 fully saturated rings. The van der Waals surface area contributed by atoms with Crippen LogP contribution in [0.1, 0.15) is 34.1 Å². The van der Waals surface area contributed by atoms with Gasteiger partial charge in [-0.05, 0) is 50.2 Å². The molecule has 1 amide bonds. The summed E-state index contributed by atoms with van der Waals surface area (Å²) in [7, 11) is 0. The van der Waals surface area contributed by atoms with E-state index in [1.807, 2.05) is 23.1 Å². The van der Waals surface area contributed by atoms with Crippen LogP contribution in [0.15, 0.2) is 53.1 Å². The van der Waals surface area contributed by atoms with E-state index in [0.29, 0.717) is 35.7 Å². The van der Waals surface area contributed by atoms with Gasteiger partial charge in [0.25, 0.3) is 5.91 Å². The predicted octanol–water partition coefficient (Wildman–Crippen LogP) is 4.92. The fourth-order valence-electron chi connectivity index (χ4n) is 4.12. The highest BCUT2D eigenvalue weighted by atomic mass is 32.1. The zero-order valence-electron chi connectivity index (χ0n) is 17.9. The summed E-state index contributed by atoms with van der Waals surface area (Å²) < 4.78 is 19.8. The molecule has 8 heteroatoms. The Morgan fingerprint density at radius 1 is 1.09 bits per heavy atom. The molecule has 2 aromatic carbocycles. The van der Waals surface area contributed by atoms with Crippen LogP contribution in [0.5, 0.6) is 0 Å². The van der Waals surface area contributed by atoms with Gasteiger partial charge in [0.15, 0.2) is 0 Å². The van der Waals surface area contributed by atoms with Gasteiger partial charge >= 0.3 is 0 Å². The van der Waals surface area contributed by atoms with Crippen LogP contribution in [-0.4, -0.2) is 52.0 Å². The van der Waals surface area contributed by atoms with Gasteiger partial charge in [-0.1, -0.05) is 17.3 Å². The Labute approximate surface area is 189 Å². The number of amides is 1. The summed E-state index contributed by atoms with van der Waals surface area (Å²) in [6.45, 7) is 6.66. The quantitative estimate of drug-likeness (QED) is 0.442. The second kappa shape index (κ2) is 8.44. The first-order valence-electron chi connectivity index (χ1n) is 10.6. The van der Waals surface area contributed by atoms with Crippen molar-refractivity contribution in [1.29, 1.82) is 0 Å². The van der Waals surface area contributed by atoms with Crippen molar-refractivity contribution in [3.8, 4) is 11.3 Å². The van der Waals surface area contributed by atoms with Gasteiger partial charge < -0.3 is 9.42 Å². The standard InChI is InChI=1S/C24H23FN4O2S/c1-15(23-26-19-5-3-4-6-20(19)32-23)28-11-13-29(14-12-28)24(30)21-16(2)31-27-22(21)17-7-9-18(25)10-8-17/h3-10,15H,11-14H2,1-2H3/t15-/m1/s1. The third-order valence-corrected chi connectivity index (χ3v) is 7.22. The molecule has 0 radical (unpaired) electrons. The number of thiazole rings is 1. The molecular weight excluding hydrogens is 427 g/mol. The monoisotopic (exact) mass is 450 g/mol. The minimum absolute atomic E-state index is 0.102. The molecule has 0 bridgehead atoms. The lowest BCUT2D eigenvalue weighted by Gasteiger charge is -2.37. The number of carbonyl (C=O) groups excluding carboxylic acids is 1. The van der Waals surface area contributed by atoms with Crippen LogP contribution in [0.25, 0.3) is 21.5 Å². The highest BCUT2D eigenvalue weighted by Crippen LogP contribution is 2.31. The van der Waals surface area contributed by atoms with E-state index in [0.717, 1.165) is 23.6 Å². The number of rotatable bonds is 4. The first kappa shape index (κ1) is 20.8. The van der Waals surface area contributed by atoms with Crippen LogP contribution in [0.3, 0.4) is 0 Å². The Kier molecular flexibility index (Phi) is 5.48. The van der Waals surface area contributed by atoms with Crippen molar-refractivity contribution in [3.05, 3.63) is 70.7 Å². The molecule has 1 aliphatic heterocycles. The molecule has 1 atom stereocenters. The average molecular weight is 451 g/mol. The minimum Gasteiger partial charge on any atom is -0.360 e. The molecule has 1 saturated heterocycles. The van der Waals surface area contributed by atoms with Crippen LogP contribution >= 0.6 is 11.3 Å². The molecule has 0 unspecified atom stereocenters. The summed E-state index contributed by atoms with van der Waals surface area (Å²) >= 11 is 1.73. The lowest BCUT2D eigenvalue weighted by Crippen LogP contribution is -2.49. The maximum atomic E-state index is 13.3. The average Bonchev–Trinajstić information content (AvgIpc) is 3.42. The molecule has 6 nitrogen and oxygen atoms in total. The van der Waals surface area contributed by atoms with E-state index in [1.165, 1.54) is 16.8 Å². The van der Waals surface area contributed by atoms with Gasteiger partial charge in [-0.2, -0.15) is 0 Å². The Bertz CT molecular complexity index is 1230. The second-order valence-electron chi connectivity index (χ2n) is 7.99. The van der Waals surface area contributed by atoms with Crippen molar-refractivity contribution in [2.75, 3.05) is 26.2 Å². The summed E-state index contributed by atoms with van der Waals surface area (Å²) in [6.07, 6.45) is 0. The van der Waals surface area contributed by atoms with Crippen LogP contribution in [0.2, 0.25) is 0 Å². The summed E-state index contributed by atoms with van der Waals surface area (Å²) in [6, 6.07) is 14.3. The van der Waals surface area contributed by atoms with Crippen LogP contribution in [0.4, 0.5) is 4.39 Å². The first-order valence-corrected chi connectivity index (χ1v) is 11.4. The molecule has 5 rings (SSSR count). The Hall–Kier alpha value is -3.10. The zero-order valence-corrected chi connectivity index (χ0v) is 18.7. The molecule has 2 aromatic heterocycles. The molecule has 0 aliphatic carbocycles. The Morgan fingerprint density at radius 2 is 1.81 bits per heavy atom. The fourth-order valence-corrected chi connectivity index (χ4v) is 5.18. The number of piperazine rings is 1. The topological polar surface area (TPSA) is 62.5 Å². The molecule has 32 heavy (non-hydrogen) atoms. The van der Waals surface area contributed by atoms with E-state index in [-0.39, 0.29) is 17.8 Å². The fraction of sp³-hybridized carbons (Fsp3) is 0.292. The summed E-state index contributed by atoms with van der Waals surface area (Å²) in [4.78, 5) is 22.3. The summed E-state index contributed by atoms with van der Waals surface area (Å²) in [5, 5.41) is 5.17. The summed E-state index contributed by atoms with van der Waals surface area (Å²) in [5.74, 6) is 0.0372. The maximum absolute atomic E-state index is 13.3. The number of benzene rings is 2. The molecule has 164 valence electrons. The number of hydrogen-bond acceptors (Lipinski definition) is 6. The number of halogens is 1. The lowest BCUT2D eigenvalue weighted by molar-refractivity contribution is 0.0581. The van der Waals surface area contributed by atoms with E-state index in [4.69, 9.17) is 9.51 Å². The van der Waals surface area contributed by atoms with Gasteiger partial charge in [0, 0.05) is 31.7 Å². The van der Waals surface area contributed by atoms with Gasteiger partial charge in [-0.15, -0.1) is 11.3 Å². The van der Waals surface area contributed by atoms with E-state index < -0.39 is 0 Å². The van der Waals surface area contributed by atoms with Crippen molar-refractivity contribution in [2.24, 2.45) is 0 Å². The highest BCUT2D eigenvalue weighted by Gasteiger charge is 2.30. The number of carbonyl (C=O) groups is 1. The predicted molar refractivity (Wildman–Crippen MR) is 122 cm³/mol. The van der Waals surface area contributed by atoms with Crippen molar-refractivity contribution in [3.63, 3.8) is 0 Å². The minimum atomic E-state index is -0.333. The second-order valence-corrected chi connectivity index (χ2v) is 9.06. The molecule has 0 saturated carbocycles. The lowest BCUT2D eigenvalue weighted by atomic mass is 10.0. The van der Waals surface area contributed by atoms with Crippen molar-refractivity contribution in [1.82, 2.24) is 19.9 Å². The van der Waals surface area contributed by atoms with Crippen molar-refractivity contribution in [2.45, 2.75) is 19.9 Å². The molecule has 0 N–H and O–H groups in total. The number of hydrogen-bond donors (Lipinski definition) is 0. The van der Waals surface area contributed by atoms with Crippen LogP contribution in [-0.2, 0) is 0 Å². The Morgan fingerprint density at radius 3 is 2.53 bits per heavy atom. The van der Waals surface area contributed by atoms with Gasteiger partial charge in [0.1, 0.15) is 27.8 Å². The number of aromatic nitrogens is 2. The van der Waals surface area contributed by atoms with E-state index in [1.54, 1.807) is 30.4 Å². The van der Waals surface area contributed by atoms with Crippen molar-refractivity contribution < 1.29 is 13.7 Å². The third kappa shape index (κ3) is 3.80. The molecule has 4 aromatic rings. The van der Waals surface area contributed by atoms with Gasteiger partial charge in [0.05, 0.1) is 16.3 Å². The van der Waals surface area contributed by atoms with Crippen molar-refractivity contribution >= 4 is 27.5 Å². The molecule has 0 spiro atoms. The van der Waals surface area contributed by atoms with E-state index in [2.05, 4.69) is 23.0 Å². The zero-order chi connectivity index (χ0) is 22.2. The number of aryl methyl sites for hydroxylation is 1. The molecule has 3 heterocycles. The third-order valence-electron chi connectivity index (χ3n) is 6.01. The van der Waals surface area contributed by atoms with Gasteiger partial charge in [0.2, 0.25) is 0 Å². The number of nitrogens with zero attached hydrogens (tertiary/aromatic N) is 4. The number of fused-ring (bicyclic) bond motifs is 1. The largest absolute Gasteiger partial charge is 0.360 e. The van der Waals surface area contributed by atoms with Crippen LogP contribution in [0, 0.1) is 12.7 Å². The van der Waals surface area contributed by atoms with Crippen LogP contribution < -0.4 is 0 Å². The summed E-state index contributed by atoms with van der Waals surface area (Å²) in [5.41, 5.74) is 2.60. The van der Waals surface area contributed by atoms with Gasteiger partial charge in [-0.25, -0.2) is 9.37 Å². The highest BCUT2D eigenvalue weighted by molar-refractivity contribution is 7.18. The smallest absolute Gasteiger partial charge is 0.259 e. The maximum Gasteiger partial charge on any atom is 0.259 e. The number of para-hydroxylation sites is 1. The van der Waals surface area contributed by atoms with Gasteiger partial charge in [-0.3, -0.25) is 9.69 Å². The Balaban J connectivity index is 1.30. The van der Waals surface area contributed by atoms with E-state index >= 15 is 0 Å².